The van der Waals surface area contributed by atoms with Gasteiger partial charge in [-0.05, 0) is 54.6 Å². The first-order chi connectivity index (χ1) is 14.7. The van der Waals surface area contributed by atoms with E-state index in [4.69, 9.17) is 16.0 Å². The molecular weight excluding hydrogens is 442 g/mol. The van der Waals surface area contributed by atoms with Crippen molar-refractivity contribution in [2.75, 3.05) is 0 Å². The molecule has 4 rings (SSSR count). The van der Waals surface area contributed by atoms with Gasteiger partial charge in [0.2, 0.25) is 0 Å². The summed E-state index contributed by atoms with van der Waals surface area (Å²) in [7, 11) is -1.12. The molecule has 1 amide bonds. The lowest BCUT2D eigenvalue weighted by Gasteiger charge is -2.22. The van der Waals surface area contributed by atoms with Crippen LogP contribution in [0.4, 0.5) is 0 Å². The number of aromatic nitrogens is 2. The molecular formula is C21H18ClN3O5S. The molecule has 2 heterocycles. The fraction of sp³-hybridized carbons (Fsp3) is 0.143. The van der Waals surface area contributed by atoms with Crippen LogP contribution in [0.25, 0.3) is 11.0 Å². The fourth-order valence-electron chi connectivity index (χ4n) is 3.32. The molecule has 4 aromatic rings. The van der Waals surface area contributed by atoms with E-state index in [1.807, 2.05) is 0 Å². The van der Waals surface area contributed by atoms with Crippen LogP contribution in [0.1, 0.15) is 16.1 Å². The number of rotatable bonds is 5. The number of hydrogen-bond acceptors (Lipinski definition) is 5. The number of hydrogen-bond donors (Lipinski definition) is 0. The Labute approximate surface area is 182 Å². The molecule has 0 unspecified atom stereocenters. The van der Waals surface area contributed by atoms with Crippen LogP contribution in [0.5, 0.6) is 0 Å². The van der Waals surface area contributed by atoms with Gasteiger partial charge in [-0.15, -0.1) is 0 Å². The number of carbonyl (C=O) groups excluding carboxylic acids is 1. The first-order valence-corrected chi connectivity index (χ1v) is 11.0. The highest BCUT2D eigenvalue weighted by Crippen LogP contribution is 2.25. The molecule has 0 spiro atoms. The summed E-state index contributed by atoms with van der Waals surface area (Å²) >= 11 is 5.89. The normalized spacial score (nSPS) is 11.7. The molecule has 0 aliphatic heterocycles. The molecule has 0 fully saturated rings. The smallest absolute Gasteiger partial charge is 0.328 e. The Balaban J connectivity index is 1.84. The minimum absolute atomic E-state index is 0.116. The van der Waals surface area contributed by atoms with E-state index in [1.54, 1.807) is 32.3 Å². The van der Waals surface area contributed by atoms with Crippen LogP contribution in [0, 0.1) is 0 Å². The summed E-state index contributed by atoms with van der Waals surface area (Å²) < 4.78 is 35.9. The van der Waals surface area contributed by atoms with Crippen LogP contribution in [0.15, 0.2) is 75.0 Å². The number of imidazole rings is 1. The zero-order valence-corrected chi connectivity index (χ0v) is 18.2. The Bertz CT molecular complexity index is 1430. The topological polar surface area (TPSA) is 94.5 Å². The predicted octanol–water partition coefficient (Wildman–Crippen LogP) is 3.15. The minimum Gasteiger partial charge on any atom is -0.467 e. The Kier molecular flexibility index (Phi) is 5.24. The average molecular weight is 460 g/mol. The van der Waals surface area contributed by atoms with Crippen molar-refractivity contribution in [3.05, 3.63) is 87.7 Å². The first-order valence-electron chi connectivity index (χ1n) is 9.20. The Hall–Kier alpha value is -3.30. The van der Waals surface area contributed by atoms with Crippen LogP contribution in [0.2, 0.25) is 5.02 Å². The number of sulfonamides is 1. The number of nitrogens with zero attached hydrogens (tertiary/aromatic N) is 3. The van der Waals surface area contributed by atoms with E-state index < -0.39 is 15.9 Å². The summed E-state index contributed by atoms with van der Waals surface area (Å²) in [6.45, 7) is -0.289. The van der Waals surface area contributed by atoms with Crippen molar-refractivity contribution in [1.82, 2.24) is 13.4 Å². The quantitative estimate of drug-likeness (QED) is 0.457. The third kappa shape index (κ3) is 3.66. The minimum atomic E-state index is -4.28. The van der Waals surface area contributed by atoms with Gasteiger partial charge in [0.1, 0.15) is 5.76 Å². The monoisotopic (exact) mass is 459 g/mol. The van der Waals surface area contributed by atoms with Crippen LogP contribution >= 0.6 is 11.6 Å². The van der Waals surface area contributed by atoms with Crippen molar-refractivity contribution in [2.45, 2.75) is 11.4 Å². The largest absolute Gasteiger partial charge is 0.467 e. The SMILES string of the molecule is Cn1c(=O)n(C)c2cc(S(=O)(=O)N(Cc3ccco3)C(=O)c3ccc(Cl)cc3)ccc21. The summed E-state index contributed by atoms with van der Waals surface area (Å²) in [5.74, 6) is -0.422. The Morgan fingerprint density at radius 2 is 1.71 bits per heavy atom. The van der Waals surface area contributed by atoms with Gasteiger partial charge >= 0.3 is 5.69 Å². The molecule has 0 radical (unpaired) electrons. The van der Waals surface area contributed by atoms with Crippen LogP contribution < -0.4 is 5.69 Å². The molecule has 2 aromatic heterocycles. The highest BCUT2D eigenvalue weighted by atomic mass is 35.5. The highest BCUT2D eigenvalue weighted by molar-refractivity contribution is 7.89. The van der Waals surface area contributed by atoms with Crippen molar-refractivity contribution in [1.29, 1.82) is 0 Å². The highest BCUT2D eigenvalue weighted by Gasteiger charge is 2.31. The number of halogens is 1. The van der Waals surface area contributed by atoms with Crippen LogP contribution in [-0.2, 0) is 30.7 Å². The van der Waals surface area contributed by atoms with Gasteiger partial charge in [0, 0.05) is 24.7 Å². The lowest BCUT2D eigenvalue weighted by molar-refractivity contribution is 0.0848. The summed E-state index contributed by atoms with van der Waals surface area (Å²) in [6.07, 6.45) is 1.40. The summed E-state index contributed by atoms with van der Waals surface area (Å²) in [4.78, 5) is 25.3. The lowest BCUT2D eigenvalue weighted by atomic mass is 10.2. The number of aryl methyl sites for hydroxylation is 2. The van der Waals surface area contributed by atoms with Gasteiger partial charge in [-0.1, -0.05) is 11.6 Å². The number of furan rings is 1. The van der Waals surface area contributed by atoms with E-state index in [-0.39, 0.29) is 22.7 Å². The van der Waals surface area contributed by atoms with E-state index in [0.29, 0.717) is 21.8 Å². The van der Waals surface area contributed by atoms with Gasteiger partial charge in [-0.25, -0.2) is 17.5 Å². The standard InChI is InChI=1S/C21H18ClN3O5S/c1-23-18-10-9-17(12-19(18)24(2)21(23)27)31(28,29)25(13-16-4-3-11-30-16)20(26)14-5-7-15(22)8-6-14/h3-12H,13H2,1-2H3. The maximum atomic E-state index is 13.5. The number of fused-ring (bicyclic) bond motifs is 1. The second kappa shape index (κ2) is 7.75. The van der Waals surface area contributed by atoms with Gasteiger partial charge in [0.05, 0.1) is 28.7 Å². The van der Waals surface area contributed by atoms with Crippen molar-refractivity contribution in [3.8, 4) is 0 Å². The molecule has 0 aliphatic rings. The van der Waals surface area contributed by atoms with E-state index in [1.165, 1.54) is 51.8 Å². The molecule has 0 saturated carbocycles. The Morgan fingerprint density at radius 1 is 1.03 bits per heavy atom. The Morgan fingerprint density at radius 3 is 2.35 bits per heavy atom. The number of benzene rings is 2. The van der Waals surface area contributed by atoms with E-state index in [2.05, 4.69) is 0 Å². The van der Waals surface area contributed by atoms with Crippen LogP contribution in [-0.4, -0.2) is 27.8 Å². The number of amides is 1. The maximum Gasteiger partial charge on any atom is 0.328 e. The first kappa shape index (κ1) is 21.0. The zero-order valence-electron chi connectivity index (χ0n) is 16.6. The molecule has 0 bridgehead atoms. The molecule has 0 N–H and O–H groups in total. The number of carbonyl (C=O) groups is 1. The van der Waals surface area contributed by atoms with E-state index >= 15 is 0 Å². The van der Waals surface area contributed by atoms with Gasteiger partial charge in [0.15, 0.2) is 0 Å². The second-order valence-electron chi connectivity index (χ2n) is 6.95. The molecule has 31 heavy (non-hydrogen) atoms. The summed E-state index contributed by atoms with van der Waals surface area (Å²) in [6, 6.07) is 13.4. The van der Waals surface area contributed by atoms with Gasteiger partial charge in [-0.2, -0.15) is 0 Å². The summed E-state index contributed by atoms with van der Waals surface area (Å²) in [5.41, 5.74) is 0.889. The van der Waals surface area contributed by atoms with E-state index in [9.17, 15) is 18.0 Å². The molecule has 0 aliphatic carbocycles. The maximum absolute atomic E-state index is 13.5. The third-order valence-corrected chi connectivity index (χ3v) is 7.01. The second-order valence-corrected chi connectivity index (χ2v) is 9.25. The van der Waals surface area contributed by atoms with E-state index in [0.717, 1.165) is 4.31 Å². The average Bonchev–Trinajstić information content (AvgIpc) is 3.35. The molecule has 8 nitrogen and oxygen atoms in total. The third-order valence-electron chi connectivity index (χ3n) is 5.03. The predicted molar refractivity (Wildman–Crippen MR) is 115 cm³/mol. The molecule has 2 aromatic carbocycles. The molecule has 10 heteroatoms. The van der Waals surface area contributed by atoms with Crippen LogP contribution in [0.3, 0.4) is 0 Å². The van der Waals surface area contributed by atoms with Gasteiger partial charge in [-0.3, -0.25) is 13.9 Å². The molecule has 0 saturated heterocycles. The van der Waals surface area contributed by atoms with Crippen molar-refractivity contribution in [2.24, 2.45) is 14.1 Å². The lowest BCUT2D eigenvalue weighted by Crippen LogP contribution is -2.36. The van der Waals surface area contributed by atoms with Gasteiger partial charge < -0.3 is 4.42 Å². The van der Waals surface area contributed by atoms with Gasteiger partial charge in [0.25, 0.3) is 15.9 Å². The zero-order chi connectivity index (χ0) is 22.3. The molecule has 0 atom stereocenters. The molecule has 160 valence electrons. The van der Waals surface area contributed by atoms with Crippen molar-refractivity contribution >= 4 is 38.6 Å². The fourth-order valence-corrected chi connectivity index (χ4v) is 4.82. The van der Waals surface area contributed by atoms with Crippen molar-refractivity contribution in [3.63, 3.8) is 0 Å². The summed E-state index contributed by atoms with van der Waals surface area (Å²) in [5, 5.41) is 0.424. The van der Waals surface area contributed by atoms with Crippen molar-refractivity contribution < 1.29 is 17.6 Å².